The summed E-state index contributed by atoms with van der Waals surface area (Å²) >= 11 is 2.84. The molecule has 5 rings (SSSR count). The van der Waals surface area contributed by atoms with Gasteiger partial charge in [-0.1, -0.05) is 59.8 Å². The van der Waals surface area contributed by atoms with Crippen LogP contribution >= 0.6 is 23.1 Å². The number of primary amides is 1. The lowest BCUT2D eigenvalue weighted by Crippen LogP contribution is -2.25. The van der Waals surface area contributed by atoms with Gasteiger partial charge in [-0.2, -0.15) is 0 Å². The van der Waals surface area contributed by atoms with Crippen LogP contribution < -0.4 is 11.3 Å². The third-order valence-electron chi connectivity index (χ3n) is 5.89. The van der Waals surface area contributed by atoms with Crippen molar-refractivity contribution in [2.24, 2.45) is 5.73 Å². The Morgan fingerprint density at radius 1 is 1.16 bits per heavy atom. The van der Waals surface area contributed by atoms with Crippen molar-refractivity contribution in [1.29, 1.82) is 0 Å². The summed E-state index contributed by atoms with van der Waals surface area (Å²) in [6.45, 7) is 4.02. The number of benzene rings is 2. The minimum absolute atomic E-state index is 0.0693. The SMILES string of the molecule is Cc1ccc(-n2c(SC(C(N)=O)c3ccccc3)nc3sc4c(c3c2=O)CCC4)c(C)c1. The summed E-state index contributed by atoms with van der Waals surface area (Å²) in [6.07, 6.45) is 2.99. The van der Waals surface area contributed by atoms with E-state index in [4.69, 9.17) is 10.7 Å². The van der Waals surface area contributed by atoms with Crippen molar-refractivity contribution in [3.63, 3.8) is 0 Å². The maximum absolute atomic E-state index is 13.9. The lowest BCUT2D eigenvalue weighted by molar-refractivity contribution is -0.117. The van der Waals surface area contributed by atoms with Crippen LogP contribution in [0, 0.1) is 13.8 Å². The first-order chi connectivity index (χ1) is 15.4. The van der Waals surface area contributed by atoms with E-state index in [9.17, 15) is 9.59 Å². The third kappa shape index (κ3) is 3.55. The van der Waals surface area contributed by atoms with Crippen molar-refractivity contribution in [1.82, 2.24) is 9.55 Å². The molecule has 1 aliphatic rings. The molecule has 2 heterocycles. The van der Waals surface area contributed by atoms with Crippen LogP contribution in [0.5, 0.6) is 0 Å². The van der Waals surface area contributed by atoms with E-state index in [-0.39, 0.29) is 5.56 Å². The molecule has 5 nitrogen and oxygen atoms in total. The summed E-state index contributed by atoms with van der Waals surface area (Å²) in [7, 11) is 0. The first-order valence-corrected chi connectivity index (χ1v) is 12.3. The summed E-state index contributed by atoms with van der Waals surface area (Å²) < 4.78 is 1.67. The monoisotopic (exact) mass is 461 g/mol. The van der Waals surface area contributed by atoms with Crippen molar-refractivity contribution in [2.75, 3.05) is 0 Å². The molecule has 1 atom stereocenters. The van der Waals surface area contributed by atoms with E-state index in [2.05, 4.69) is 6.07 Å². The summed E-state index contributed by atoms with van der Waals surface area (Å²) in [4.78, 5) is 33.2. The summed E-state index contributed by atoms with van der Waals surface area (Å²) in [5, 5.41) is 0.563. The number of fused-ring (bicyclic) bond motifs is 3. The highest BCUT2D eigenvalue weighted by molar-refractivity contribution is 8.00. The molecule has 0 fully saturated rings. The first kappa shape index (κ1) is 21.0. The van der Waals surface area contributed by atoms with Gasteiger partial charge < -0.3 is 5.73 Å². The van der Waals surface area contributed by atoms with Gasteiger partial charge in [0.25, 0.3) is 5.56 Å². The van der Waals surface area contributed by atoms with Gasteiger partial charge in [0, 0.05) is 4.88 Å². The van der Waals surface area contributed by atoms with Gasteiger partial charge in [-0.15, -0.1) is 11.3 Å². The molecule has 0 radical (unpaired) electrons. The number of nitrogens with two attached hydrogens (primary N) is 1. The zero-order chi connectivity index (χ0) is 22.4. The topological polar surface area (TPSA) is 78.0 Å². The van der Waals surface area contributed by atoms with E-state index in [1.54, 1.807) is 15.9 Å². The third-order valence-corrected chi connectivity index (χ3v) is 8.30. The van der Waals surface area contributed by atoms with E-state index in [1.807, 2.05) is 56.3 Å². The molecule has 7 heteroatoms. The van der Waals surface area contributed by atoms with Crippen LogP contribution in [0.25, 0.3) is 15.9 Å². The zero-order valence-electron chi connectivity index (χ0n) is 17.9. The standard InChI is InChI=1S/C25H23N3O2S2/c1-14-11-12-18(15(2)13-14)28-24(30)20-17-9-6-10-19(17)31-23(20)27-25(28)32-21(22(26)29)16-7-4-3-5-8-16/h3-5,7-8,11-13,21H,6,9-10H2,1-2H3,(H2,26,29). The lowest BCUT2D eigenvalue weighted by atomic mass is 10.1. The predicted octanol–water partition coefficient (Wildman–Crippen LogP) is 4.87. The van der Waals surface area contributed by atoms with Gasteiger partial charge in [-0.3, -0.25) is 14.2 Å². The summed E-state index contributed by atoms with van der Waals surface area (Å²) in [6, 6.07) is 15.4. The molecule has 0 saturated carbocycles. The highest BCUT2D eigenvalue weighted by Crippen LogP contribution is 2.39. The Morgan fingerprint density at radius 2 is 1.94 bits per heavy atom. The minimum Gasteiger partial charge on any atom is -0.368 e. The Morgan fingerprint density at radius 3 is 2.66 bits per heavy atom. The Balaban J connectivity index is 1.76. The number of carbonyl (C=O) groups excluding carboxylic acids is 1. The van der Waals surface area contributed by atoms with E-state index < -0.39 is 11.2 Å². The van der Waals surface area contributed by atoms with Crippen molar-refractivity contribution < 1.29 is 4.79 Å². The molecule has 0 spiro atoms. The van der Waals surface area contributed by atoms with Gasteiger partial charge in [-0.25, -0.2) is 4.98 Å². The molecule has 2 aromatic heterocycles. The number of hydrogen-bond acceptors (Lipinski definition) is 5. The van der Waals surface area contributed by atoms with Crippen LogP contribution in [0.3, 0.4) is 0 Å². The number of rotatable bonds is 5. The molecule has 1 unspecified atom stereocenters. The number of hydrogen-bond donors (Lipinski definition) is 1. The quantitative estimate of drug-likeness (QED) is 0.340. The minimum atomic E-state index is -0.649. The number of carbonyl (C=O) groups is 1. The summed E-state index contributed by atoms with van der Waals surface area (Å²) in [5.41, 5.74) is 10.6. The molecule has 2 N–H and O–H groups in total. The van der Waals surface area contributed by atoms with Crippen molar-refractivity contribution >= 4 is 39.2 Å². The maximum atomic E-state index is 13.9. The molecule has 32 heavy (non-hydrogen) atoms. The van der Waals surface area contributed by atoms with Crippen molar-refractivity contribution in [2.45, 2.75) is 43.5 Å². The van der Waals surface area contributed by atoms with Gasteiger partial charge in [0.1, 0.15) is 10.1 Å². The second-order valence-electron chi connectivity index (χ2n) is 8.17. The lowest BCUT2D eigenvalue weighted by Gasteiger charge is -2.18. The number of thiophene rings is 1. The van der Waals surface area contributed by atoms with Gasteiger partial charge in [0.05, 0.1) is 11.1 Å². The number of amides is 1. The van der Waals surface area contributed by atoms with Crippen molar-refractivity contribution in [3.8, 4) is 5.69 Å². The normalized spacial score (nSPS) is 13.9. The molecule has 0 bridgehead atoms. The van der Waals surface area contributed by atoms with E-state index in [1.165, 1.54) is 16.6 Å². The van der Waals surface area contributed by atoms with Gasteiger partial charge in [0.15, 0.2) is 5.16 Å². The molecule has 1 aliphatic carbocycles. The molecule has 0 aliphatic heterocycles. The van der Waals surface area contributed by atoms with Crippen LogP contribution in [0.2, 0.25) is 0 Å². The Labute approximate surface area is 194 Å². The van der Waals surface area contributed by atoms with Crippen LogP contribution in [0.4, 0.5) is 0 Å². The van der Waals surface area contributed by atoms with Crippen LogP contribution in [-0.2, 0) is 17.6 Å². The summed E-state index contributed by atoms with van der Waals surface area (Å²) in [5.74, 6) is -0.462. The van der Waals surface area contributed by atoms with E-state index in [0.717, 1.165) is 57.4 Å². The number of nitrogens with zero attached hydrogens (tertiary/aromatic N) is 2. The Hall–Kier alpha value is -2.90. The number of thioether (sulfide) groups is 1. The largest absolute Gasteiger partial charge is 0.368 e. The van der Waals surface area contributed by atoms with Crippen LogP contribution in [0.1, 0.15) is 38.8 Å². The fourth-order valence-electron chi connectivity index (χ4n) is 4.40. The number of aromatic nitrogens is 2. The highest BCUT2D eigenvalue weighted by atomic mass is 32.2. The average Bonchev–Trinajstić information content (AvgIpc) is 3.34. The Bertz CT molecular complexity index is 1410. The highest BCUT2D eigenvalue weighted by Gasteiger charge is 2.27. The van der Waals surface area contributed by atoms with Crippen molar-refractivity contribution in [3.05, 3.63) is 86.0 Å². The van der Waals surface area contributed by atoms with Gasteiger partial charge in [0.2, 0.25) is 5.91 Å². The van der Waals surface area contributed by atoms with Gasteiger partial charge >= 0.3 is 0 Å². The van der Waals surface area contributed by atoms with Gasteiger partial charge in [-0.05, 0) is 55.9 Å². The van der Waals surface area contributed by atoms with E-state index >= 15 is 0 Å². The molecule has 4 aromatic rings. The van der Waals surface area contributed by atoms with Crippen LogP contribution in [-0.4, -0.2) is 15.5 Å². The molecule has 162 valence electrons. The molecular formula is C25H23N3O2S2. The fourth-order valence-corrected chi connectivity index (χ4v) is 6.76. The second kappa shape index (κ2) is 8.22. The van der Waals surface area contributed by atoms with E-state index in [0.29, 0.717) is 5.16 Å². The molecule has 2 aromatic carbocycles. The average molecular weight is 462 g/mol. The molecule has 1 amide bonds. The second-order valence-corrected chi connectivity index (χ2v) is 10.3. The Kier molecular flexibility index (Phi) is 5.39. The van der Waals surface area contributed by atoms with Crippen LogP contribution in [0.15, 0.2) is 58.5 Å². The fraction of sp³-hybridized carbons (Fsp3) is 0.240. The number of aryl methyl sites for hydroxylation is 4. The molecule has 0 saturated heterocycles. The first-order valence-electron chi connectivity index (χ1n) is 10.6. The predicted molar refractivity (Wildman–Crippen MR) is 131 cm³/mol. The molecular weight excluding hydrogens is 438 g/mol. The maximum Gasteiger partial charge on any atom is 0.267 e. The smallest absolute Gasteiger partial charge is 0.267 e. The zero-order valence-corrected chi connectivity index (χ0v) is 19.6.